The van der Waals surface area contributed by atoms with E-state index in [1.54, 1.807) is 0 Å². The third kappa shape index (κ3) is 132000. The van der Waals surface area contributed by atoms with Gasteiger partial charge < -0.3 is 48.1 Å². The van der Waals surface area contributed by atoms with Crippen molar-refractivity contribution in [3.05, 3.63) is 0 Å². The van der Waals surface area contributed by atoms with Gasteiger partial charge in [-0.05, 0) is 0 Å². The van der Waals surface area contributed by atoms with E-state index in [0.29, 0.717) is 0 Å². The van der Waals surface area contributed by atoms with Crippen LogP contribution in [0.15, 0.2) is 0 Å². The molecule has 0 aliphatic carbocycles. The fourth-order valence-corrected chi connectivity index (χ4v) is 0. The van der Waals surface area contributed by atoms with E-state index >= 15 is 0 Å². The second-order valence-electron chi connectivity index (χ2n) is 0.408. The van der Waals surface area contributed by atoms with Crippen molar-refractivity contribution in [1.82, 2.24) is 6.15 Å². The molecule has 11 nitrogen and oxygen atoms in total. The van der Waals surface area contributed by atoms with Gasteiger partial charge in [0.05, 0.1) is 0 Å². The summed E-state index contributed by atoms with van der Waals surface area (Å²) in [6.45, 7) is 0. The Bertz CT molecular complexity index is 98.1. The third-order valence-electron chi connectivity index (χ3n) is 0. The smallest absolute Gasteiger partial charge is 0.759 e. The minimum Gasteiger partial charge on any atom is -0.759 e. The van der Waals surface area contributed by atoms with Crippen LogP contribution in [0.4, 0.5) is 0 Å². The third-order valence-corrected chi connectivity index (χ3v) is 0. The van der Waals surface area contributed by atoms with Crippen LogP contribution in [0.25, 0.3) is 0 Å². The molecule has 0 aliphatic rings. The van der Waals surface area contributed by atoms with Crippen LogP contribution >= 0.6 is 0 Å². The van der Waals surface area contributed by atoms with Crippen molar-refractivity contribution in [3.8, 4) is 0 Å². The number of hydrogen-bond donors (Lipinski definition) is 1. The summed E-state index contributed by atoms with van der Waals surface area (Å²) in [5, 5.41) is 0. The van der Waals surface area contributed by atoms with Crippen LogP contribution in [0.2, 0.25) is 0 Å². The zero-order valence-electron chi connectivity index (χ0n) is 6.37. The first-order valence-corrected chi connectivity index (χ1v) is 2.00. The molecule has 0 radical (unpaired) electrons. The predicted octanol–water partition coefficient (Wildman–Crippen LogP) is -5.91. The van der Waals surface area contributed by atoms with E-state index in [4.69, 9.17) is 17.5 Å². The Morgan fingerprint density at radius 3 is 0.692 bits per heavy atom. The Hall–Kier alpha value is 0.0965. The maximum atomic E-state index is 8.52. The van der Waals surface area contributed by atoms with Gasteiger partial charge in [0.1, 0.15) is 0 Å². The van der Waals surface area contributed by atoms with Crippen LogP contribution in [-0.4, -0.2) is 50.4 Å². The Balaban J connectivity index is -0.00000000286. The molecule has 13 heteroatoms. The van der Waals surface area contributed by atoms with Gasteiger partial charge in [-0.3, -0.25) is 8.42 Å². The Kier molecular flexibility index (Phi) is 352. The van der Waals surface area contributed by atoms with E-state index in [1.165, 1.54) is 0 Å². The van der Waals surface area contributed by atoms with Crippen molar-refractivity contribution in [2.45, 2.75) is 0 Å². The van der Waals surface area contributed by atoms with Crippen LogP contribution in [0.5, 0.6) is 0 Å². The van der Waals surface area contributed by atoms with Crippen molar-refractivity contribution < 1.29 is 67.2 Å². The molecular weight excluding hydrogens is 265 g/mol. The van der Waals surface area contributed by atoms with E-state index in [0.717, 1.165) is 0 Å². The van der Waals surface area contributed by atoms with Gasteiger partial charge in [0.25, 0.3) is 0 Å². The van der Waals surface area contributed by atoms with Crippen LogP contribution in [-0.2, 0) is 27.2 Å². The monoisotopic (exact) mass is 281 g/mol. The zero-order valence-corrected chi connectivity index (χ0v) is 8.23. The summed E-state index contributed by atoms with van der Waals surface area (Å²) in [4.78, 5) is 0. The molecule has 0 heterocycles. The minimum absolute atomic E-state index is 0. The standard InChI is InChI=1S/Co.H3N.H2O4S.6H2O/c;;1-5(2,3)4;;;;;;/h;1H3;(H2,1,2,3,4);6*1H2/q+1;;;;;;;;/p-1. The minimum atomic E-state index is -5.17. The van der Waals surface area contributed by atoms with Gasteiger partial charge in [-0.1, -0.05) is 0 Å². The summed E-state index contributed by atoms with van der Waals surface area (Å²) in [6, 6.07) is 0. The summed E-state index contributed by atoms with van der Waals surface area (Å²) in [6.07, 6.45) is 0. The molecule has 0 fully saturated rings. The summed E-state index contributed by atoms with van der Waals surface area (Å²) >= 11 is 0. The second kappa shape index (κ2) is 40.1. The fraction of sp³-hybridized carbons (Fsp3) is 0. The van der Waals surface area contributed by atoms with Gasteiger partial charge in [0.2, 0.25) is 0 Å². The summed E-state index contributed by atoms with van der Waals surface area (Å²) in [5.41, 5.74) is 0. The SMILES string of the molecule is O.O.O.O.O.O.O=S(=O)([O-])[O-].[Co+].[NH4+]. The second-order valence-corrected chi connectivity index (χ2v) is 1.22. The molecule has 0 amide bonds. The molecule has 0 atom stereocenters. The quantitative estimate of drug-likeness (QED) is 0.334. The van der Waals surface area contributed by atoms with Crippen molar-refractivity contribution >= 4 is 10.4 Å². The van der Waals surface area contributed by atoms with Gasteiger partial charge in [-0.2, -0.15) is 0 Å². The van der Waals surface area contributed by atoms with E-state index in [9.17, 15) is 0 Å². The molecule has 0 aromatic rings. The first-order valence-electron chi connectivity index (χ1n) is 0.667. The predicted molar refractivity (Wildman–Crippen MR) is 38.1 cm³/mol. The van der Waals surface area contributed by atoms with E-state index in [1.807, 2.05) is 0 Å². The summed E-state index contributed by atoms with van der Waals surface area (Å²) < 4.78 is 34.1. The molecule has 0 aliphatic heterocycles. The Morgan fingerprint density at radius 2 is 0.692 bits per heavy atom. The molecule has 13 heavy (non-hydrogen) atoms. The maximum Gasteiger partial charge on any atom is 1.00 e. The van der Waals surface area contributed by atoms with Gasteiger partial charge in [-0.15, -0.1) is 0 Å². The van der Waals surface area contributed by atoms with Gasteiger partial charge >= 0.3 is 16.8 Å². The fourth-order valence-electron chi connectivity index (χ4n) is 0. The molecule has 0 unspecified atom stereocenters. The molecule has 0 bridgehead atoms. The molecule has 16 N–H and O–H groups in total. The van der Waals surface area contributed by atoms with Gasteiger partial charge in [0, 0.05) is 10.4 Å². The van der Waals surface area contributed by atoms with E-state index in [-0.39, 0.29) is 55.8 Å². The van der Waals surface area contributed by atoms with Crippen molar-refractivity contribution in [1.29, 1.82) is 0 Å². The van der Waals surface area contributed by atoms with Crippen LogP contribution in [0.1, 0.15) is 0 Å². The molecular formula is H16CoNO10S. The largest absolute Gasteiger partial charge is 1.00 e. The van der Waals surface area contributed by atoms with Crippen LogP contribution in [0.3, 0.4) is 0 Å². The van der Waals surface area contributed by atoms with Crippen molar-refractivity contribution in [3.63, 3.8) is 0 Å². The van der Waals surface area contributed by atoms with Crippen molar-refractivity contribution in [2.24, 2.45) is 0 Å². The molecule has 0 aromatic carbocycles. The Labute approximate surface area is 84.3 Å². The normalized spacial score (nSPS) is 4.46. The van der Waals surface area contributed by atoms with Gasteiger partial charge in [0.15, 0.2) is 0 Å². The summed E-state index contributed by atoms with van der Waals surface area (Å²) in [7, 11) is -5.17. The molecule has 0 saturated carbocycles. The Morgan fingerprint density at radius 1 is 0.692 bits per heavy atom. The van der Waals surface area contributed by atoms with E-state index < -0.39 is 10.4 Å². The topological polar surface area (TPSA) is 306 Å². The number of hydrogen-bond acceptors (Lipinski definition) is 4. The molecule has 0 spiro atoms. The maximum absolute atomic E-state index is 8.52. The summed E-state index contributed by atoms with van der Waals surface area (Å²) in [5.74, 6) is 0. The first kappa shape index (κ1) is 114. The average Bonchev–Trinajstić information content (AvgIpc) is 0.722. The first-order chi connectivity index (χ1) is 2.00. The van der Waals surface area contributed by atoms with Gasteiger partial charge in [-0.25, -0.2) is 0 Å². The zero-order chi connectivity index (χ0) is 4.50. The molecule has 0 rings (SSSR count). The van der Waals surface area contributed by atoms with Crippen LogP contribution in [0, 0.1) is 0 Å². The molecule has 0 aromatic heterocycles. The van der Waals surface area contributed by atoms with Crippen LogP contribution < -0.4 is 6.15 Å². The average molecular weight is 281 g/mol. The van der Waals surface area contributed by atoms with Crippen molar-refractivity contribution in [2.75, 3.05) is 0 Å². The molecule has 96 valence electrons. The van der Waals surface area contributed by atoms with E-state index in [2.05, 4.69) is 0 Å². The number of quaternary nitrogens is 1. The number of rotatable bonds is 0. The molecule has 0 saturated heterocycles.